The van der Waals surface area contributed by atoms with Gasteiger partial charge in [0, 0.05) is 18.3 Å². The lowest BCUT2D eigenvalue weighted by Gasteiger charge is -2.12. The van der Waals surface area contributed by atoms with Gasteiger partial charge in [0.05, 0.1) is 17.4 Å². The summed E-state index contributed by atoms with van der Waals surface area (Å²) in [5.41, 5.74) is 2.46. The normalized spacial score (nSPS) is 15.9. The molecule has 1 aliphatic heterocycles. The van der Waals surface area contributed by atoms with Crippen LogP contribution >= 0.6 is 0 Å². The van der Waals surface area contributed by atoms with Gasteiger partial charge in [-0.1, -0.05) is 18.2 Å². The Labute approximate surface area is 120 Å². The summed E-state index contributed by atoms with van der Waals surface area (Å²) in [6.07, 6.45) is 3.27. The molecule has 0 saturated carbocycles. The van der Waals surface area contributed by atoms with Crippen molar-refractivity contribution in [3.63, 3.8) is 0 Å². The number of carboxylic acids is 1. The second kappa shape index (κ2) is 5.24. The maximum atomic E-state index is 12.2. The highest BCUT2D eigenvalue weighted by atomic mass is 16.4. The van der Waals surface area contributed by atoms with E-state index < -0.39 is 5.97 Å². The van der Waals surface area contributed by atoms with Crippen LogP contribution in [0.4, 0.5) is 11.4 Å². The van der Waals surface area contributed by atoms with Crippen molar-refractivity contribution in [1.82, 2.24) is 4.98 Å². The average molecular weight is 283 g/mol. The molecule has 0 unspecified atom stereocenters. The molecule has 0 spiro atoms. The van der Waals surface area contributed by atoms with Crippen molar-refractivity contribution in [3.8, 4) is 0 Å². The van der Waals surface area contributed by atoms with E-state index in [0.717, 1.165) is 11.3 Å². The second-order valence-corrected chi connectivity index (χ2v) is 4.81. The topological polar surface area (TPSA) is 91.3 Å². The van der Waals surface area contributed by atoms with Crippen LogP contribution in [-0.4, -0.2) is 28.0 Å². The van der Waals surface area contributed by atoms with Gasteiger partial charge in [0.15, 0.2) is 0 Å². The smallest absolute Gasteiger partial charge is 0.337 e. The number of anilines is 2. The first-order valence-corrected chi connectivity index (χ1v) is 6.47. The minimum Gasteiger partial charge on any atom is -0.478 e. The number of amides is 1. The van der Waals surface area contributed by atoms with E-state index in [9.17, 15) is 9.59 Å². The standard InChI is InChI=1S/C15H13N3O3/c19-14(13-6-9-3-1-2-4-12(9)18-13)17-11-5-10(15(20)21)7-16-8-11/h1-5,7-8,13,18H,6H2,(H,17,19)(H,20,21)/t13-/m0/s1. The van der Waals surface area contributed by atoms with Gasteiger partial charge in [-0.2, -0.15) is 0 Å². The molecule has 0 fully saturated rings. The maximum Gasteiger partial charge on any atom is 0.337 e. The molecule has 6 nitrogen and oxygen atoms in total. The monoisotopic (exact) mass is 283 g/mol. The molecule has 3 rings (SSSR count). The van der Waals surface area contributed by atoms with Crippen LogP contribution in [0, 0.1) is 0 Å². The van der Waals surface area contributed by atoms with Gasteiger partial charge in [-0.25, -0.2) is 4.79 Å². The van der Waals surface area contributed by atoms with Gasteiger partial charge >= 0.3 is 5.97 Å². The van der Waals surface area contributed by atoms with Gasteiger partial charge in [-0.3, -0.25) is 9.78 Å². The van der Waals surface area contributed by atoms with Crippen molar-refractivity contribution < 1.29 is 14.7 Å². The average Bonchev–Trinajstić information content (AvgIpc) is 2.91. The molecule has 2 heterocycles. The van der Waals surface area contributed by atoms with E-state index in [-0.39, 0.29) is 17.5 Å². The predicted molar refractivity (Wildman–Crippen MR) is 77.4 cm³/mol. The molecule has 0 bridgehead atoms. The largest absolute Gasteiger partial charge is 0.478 e. The zero-order valence-electron chi connectivity index (χ0n) is 11.0. The van der Waals surface area contributed by atoms with Gasteiger partial charge in [0.1, 0.15) is 6.04 Å². The molecule has 1 aliphatic rings. The van der Waals surface area contributed by atoms with Crippen LogP contribution in [0.2, 0.25) is 0 Å². The predicted octanol–water partition coefficient (Wildman–Crippen LogP) is 1.76. The van der Waals surface area contributed by atoms with Crippen LogP contribution in [0.25, 0.3) is 0 Å². The zero-order valence-corrected chi connectivity index (χ0v) is 11.0. The number of nitrogens with one attached hydrogen (secondary N) is 2. The fraction of sp³-hybridized carbons (Fsp3) is 0.133. The van der Waals surface area contributed by atoms with Crippen molar-refractivity contribution >= 4 is 23.3 Å². The Morgan fingerprint density at radius 3 is 2.86 bits per heavy atom. The molecule has 1 amide bonds. The molecule has 21 heavy (non-hydrogen) atoms. The number of carbonyl (C=O) groups excluding carboxylic acids is 1. The van der Waals surface area contributed by atoms with E-state index >= 15 is 0 Å². The minimum absolute atomic E-state index is 0.0375. The lowest BCUT2D eigenvalue weighted by atomic mass is 10.1. The highest BCUT2D eigenvalue weighted by Crippen LogP contribution is 2.25. The quantitative estimate of drug-likeness (QED) is 0.798. The lowest BCUT2D eigenvalue weighted by molar-refractivity contribution is -0.116. The molecule has 2 aromatic rings. The third-order valence-corrected chi connectivity index (χ3v) is 3.34. The summed E-state index contributed by atoms with van der Waals surface area (Å²) in [5.74, 6) is -1.29. The molecular weight excluding hydrogens is 270 g/mol. The van der Waals surface area contributed by atoms with Crippen LogP contribution in [0.5, 0.6) is 0 Å². The first-order chi connectivity index (χ1) is 10.1. The Hall–Kier alpha value is -2.89. The SMILES string of the molecule is O=C(O)c1cncc(NC(=O)[C@@H]2Cc3ccccc3N2)c1. The molecule has 106 valence electrons. The second-order valence-electron chi connectivity index (χ2n) is 4.81. The van der Waals surface area contributed by atoms with E-state index in [0.29, 0.717) is 12.1 Å². The van der Waals surface area contributed by atoms with Crippen LogP contribution < -0.4 is 10.6 Å². The van der Waals surface area contributed by atoms with Crippen LogP contribution in [0.3, 0.4) is 0 Å². The summed E-state index contributed by atoms with van der Waals surface area (Å²) < 4.78 is 0. The number of nitrogens with zero attached hydrogens (tertiary/aromatic N) is 1. The molecule has 0 aliphatic carbocycles. The summed E-state index contributed by atoms with van der Waals surface area (Å²) in [6, 6.07) is 8.76. The van der Waals surface area contributed by atoms with Gasteiger partial charge in [0.2, 0.25) is 5.91 Å². The number of carboxylic acid groups (broad SMARTS) is 1. The third-order valence-electron chi connectivity index (χ3n) is 3.34. The Morgan fingerprint density at radius 1 is 1.29 bits per heavy atom. The first kappa shape index (κ1) is 13.1. The summed E-state index contributed by atoms with van der Waals surface area (Å²) in [7, 11) is 0. The Bertz CT molecular complexity index is 690. The summed E-state index contributed by atoms with van der Waals surface area (Å²) >= 11 is 0. The van der Waals surface area contributed by atoms with Crippen LogP contribution in [0.1, 0.15) is 15.9 Å². The molecule has 0 radical (unpaired) electrons. The van der Waals surface area contributed by atoms with Gasteiger partial charge < -0.3 is 15.7 Å². The van der Waals surface area contributed by atoms with Gasteiger partial charge in [-0.05, 0) is 17.7 Å². The van der Waals surface area contributed by atoms with E-state index in [1.54, 1.807) is 0 Å². The number of aromatic nitrogens is 1. The number of hydrogen-bond acceptors (Lipinski definition) is 4. The summed E-state index contributed by atoms with van der Waals surface area (Å²) in [4.78, 5) is 26.9. The molecule has 1 atom stereocenters. The van der Waals surface area contributed by atoms with Gasteiger partial charge in [0.25, 0.3) is 0 Å². The summed E-state index contributed by atoms with van der Waals surface area (Å²) in [5, 5.41) is 14.7. The Kier molecular flexibility index (Phi) is 3.27. The number of hydrogen-bond donors (Lipinski definition) is 3. The van der Waals surface area contributed by atoms with Crippen molar-refractivity contribution in [1.29, 1.82) is 0 Å². The number of carbonyl (C=O) groups is 2. The highest BCUT2D eigenvalue weighted by molar-refractivity contribution is 5.98. The zero-order chi connectivity index (χ0) is 14.8. The number of para-hydroxylation sites is 1. The van der Waals surface area contributed by atoms with Crippen molar-refractivity contribution in [3.05, 3.63) is 53.9 Å². The minimum atomic E-state index is -1.08. The fourth-order valence-electron chi connectivity index (χ4n) is 2.31. The van der Waals surface area contributed by atoms with E-state index in [2.05, 4.69) is 15.6 Å². The van der Waals surface area contributed by atoms with Crippen molar-refractivity contribution in [2.45, 2.75) is 12.5 Å². The van der Waals surface area contributed by atoms with Crippen LogP contribution in [0.15, 0.2) is 42.7 Å². The molecule has 3 N–H and O–H groups in total. The van der Waals surface area contributed by atoms with Crippen molar-refractivity contribution in [2.75, 3.05) is 10.6 Å². The maximum absolute atomic E-state index is 12.2. The summed E-state index contributed by atoms with van der Waals surface area (Å²) in [6.45, 7) is 0. The number of pyridine rings is 1. The third kappa shape index (κ3) is 2.69. The Morgan fingerprint density at radius 2 is 2.10 bits per heavy atom. The number of aromatic carboxylic acids is 1. The number of benzene rings is 1. The fourth-order valence-corrected chi connectivity index (χ4v) is 2.31. The van der Waals surface area contributed by atoms with Crippen molar-refractivity contribution in [2.24, 2.45) is 0 Å². The van der Waals surface area contributed by atoms with Gasteiger partial charge in [-0.15, -0.1) is 0 Å². The van der Waals surface area contributed by atoms with E-state index in [1.807, 2.05) is 24.3 Å². The lowest BCUT2D eigenvalue weighted by Crippen LogP contribution is -2.32. The number of rotatable bonds is 3. The molecule has 6 heteroatoms. The molecule has 1 aromatic carbocycles. The van der Waals surface area contributed by atoms with Crippen LogP contribution in [-0.2, 0) is 11.2 Å². The molecule has 1 aromatic heterocycles. The van der Waals surface area contributed by atoms with E-state index in [4.69, 9.17) is 5.11 Å². The number of fused-ring (bicyclic) bond motifs is 1. The highest BCUT2D eigenvalue weighted by Gasteiger charge is 2.26. The molecular formula is C15H13N3O3. The van der Waals surface area contributed by atoms with E-state index in [1.165, 1.54) is 18.5 Å². The Balaban J connectivity index is 1.71. The first-order valence-electron chi connectivity index (χ1n) is 6.47. The molecule has 0 saturated heterocycles.